The maximum absolute atomic E-state index is 9.70. The fourth-order valence-corrected chi connectivity index (χ4v) is 1.79. The molecule has 0 radical (unpaired) electrons. The lowest BCUT2D eigenvalue weighted by molar-refractivity contribution is 0.363. The first-order valence-electron chi connectivity index (χ1n) is 5.95. The molecule has 1 aromatic carbocycles. The van der Waals surface area contributed by atoms with Crippen molar-refractivity contribution >= 4 is 0 Å². The van der Waals surface area contributed by atoms with E-state index in [1.807, 2.05) is 19.1 Å². The summed E-state index contributed by atoms with van der Waals surface area (Å²) in [5.41, 5.74) is 1.61. The van der Waals surface area contributed by atoms with Crippen molar-refractivity contribution in [2.75, 3.05) is 0 Å². The van der Waals surface area contributed by atoms with Gasteiger partial charge >= 0.3 is 0 Å². The van der Waals surface area contributed by atoms with Gasteiger partial charge in [0.2, 0.25) is 5.75 Å². The van der Waals surface area contributed by atoms with Crippen LogP contribution in [0.25, 0.3) is 0 Å². The van der Waals surface area contributed by atoms with E-state index in [1.165, 1.54) is 6.07 Å². The maximum Gasteiger partial charge on any atom is 0.200 e. The van der Waals surface area contributed by atoms with Gasteiger partial charge in [-0.05, 0) is 30.7 Å². The SMILES string of the molecule is C[C@@H](NCc1ccc(O)c(O)c1O)c1ccncc1. The van der Waals surface area contributed by atoms with Crippen LogP contribution in [0.4, 0.5) is 0 Å². The Balaban J connectivity index is 2.05. The molecule has 5 nitrogen and oxygen atoms in total. The number of nitrogens with zero attached hydrogens (tertiary/aromatic N) is 1. The number of rotatable bonds is 4. The predicted octanol–water partition coefficient (Wildman–Crippen LogP) is 2.05. The number of aromatic nitrogens is 1. The van der Waals surface area contributed by atoms with Crippen molar-refractivity contribution in [3.8, 4) is 17.2 Å². The van der Waals surface area contributed by atoms with Crippen LogP contribution >= 0.6 is 0 Å². The molecule has 2 aromatic rings. The molecular formula is C14H16N2O3. The summed E-state index contributed by atoms with van der Waals surface area (Å²) in [4.78, 5) is 3.95. The van der Waals surface area contributed by atoms with Crippen LogP contribution in [0.5, 0.6) is 17.2 Å². The standard InChI is InChI=1S/C14H16N2O3/c1-9(10-4-6-15-7-5-10)16-8-11-2-3-12(17)14(19)13(11)18/h2-7,9,16-19H,8H2,1H3/t9-/m1/s1. The Morgan fingerprint density at radius 1 is 1.05 bits per heavy atom. The molecule has 100 valence electrons. The van der Waals surface area contributed by atoms with Gasteiger partial charge in [-0.3, -0.25) is 4.98 Å². The van der Waals surface area contributed by atoms with Gasteiger partial charge in [0.25, 0.3) is 0 Å². The normalized spacial score (nSPS) is 12.3. The van der Waals surface area contributed by atoms with E-state index in [0.717, 1.165) is 5.56 Å². The molecule has 0 aliphatic heterocycles. The molecule has 5 heteroatoms. The third-order valence-corrected chi connectivity index (χ3v) is 3.02. The van der Waals surface area contributed by atoms with Crippen LogP contribution in [-0.4, -0.2) is 20.3 Å². The predicted molar refractivity (Wildman–Crippen MR) is 70.9 cm³/mol. The van der Waals surface area contributed by atoms with E-state index in [2.05, 4.69) is 10.3 Å². The number of aromatic hydroxyl groups is 3. The molecule has 0 spiro atoms. The van der Waals surface area contributed by atoms with Gasteiger partial charge in [-0.1, -0.05) is 6.07 Å². The summed E-state index contributed by atoms with van der Waals surface area (Å²) in [5.74, 6) is -1.12. The van der Waals surface area contributed by atoms with Gasteiger partial charge in [-0.25, -0.2) is 0 Å². The fourth-order valence-electron chi connectivity index (χ4n) is 1.79. The van der Waals surface area contributed by atoms with Crippen molar-refractivity contribution in [1.29, 1.82) is 0 Å². The zero-order valence-corrected chi connectivity index (χ0v) is 10.5. The monoisotopic (exact) mass is 260 g/mol. The van der Waals surface area contributed by atoms with Crippen molar-refractivity contribution in [3.63, 3.8) is 0 Å². The van der Waals surface area contributed by atoms with Crippen molar-refractivity contribution in [2.45, 2.75) is 19.5 Å². The molecule has 0 saturated heterocycles. The number of hydrogen-bond acceptors (Lipinski definition) is 5. The number of phenolic OH excluding ortho intramolecular Hbond substituents is 3. The first-order chi connectivity index (χ1) is 9.09. The maximum atomic E-state index is 9.70. The van der Waals surface area contributed by atoms with Gasteiger partial charge in [-0.15, -0.1) is 0 Å². The molecule has 1 aromatic heterocycles. The van der Waals surface area contributed by atoms with Crippen LogP contribution in [0.3, 0.4) is 0 Å². The van der Waals surface area contributed by atoms with Crippen LogP contribution in [-0.2, 0) is 6.54 Å². The summed E-state index contributed by atoms with van der Waals surface area (Å²) < 4.78 is 0. The number of nitrogens with one attached hydrogen (secondary N) is 1. The van der Waals surface area contributed by atoms with Crippen LogP contribution in [0.15, 0.2) is 36.7 Å². The summed E-state index contributed by atoms with van der Waals surface area (Å²) in [6.45, 7) is 2.37. The van der Waals surface area contributed by atoms with E-state index in [0.29, 0.717) is 12.1 Å². The highest BCUT2D eigenvalue weighted by molar-refractivity contribution is 5.53. The smallest absolute Gasteiger partial charge is 0.200 e. The lowest BCUT2D eigenvalue weighted by Crippen LogP contribution is -2.18. The number of benzene rings is 1. The lowest BCUT2D eigenvalue weighted by Gasteiger charge is -2.15. The van der Waals surface area contributed by atoms with E-state index < -0.39 is 5.75 Å². The van der Waals surface area contributed by atoms with Crippen LogP contribution in [0, 0.1) is 0 Å². The molecule has 0 fully saturated rings. The average molecular weight is 260 g/mol. The van der Waals surface area contributed by atoms with Gasteiger partial charge in [0.05, 0.1) is 0 Å². The largest absolute Gasteiger partial charge is 0.504 e. The Kier molecular flexibility index (Phi) is 3.87. The molecular weight excluding hydrogens is 244 g/mol. The first-order valence-corrected chi connectivity index (χ1v) is 5.95. The molecule has 0 amide bonds. The molecule has 1 atom stereocenters. The second-order valence-corrected chi connectivity index (χ2v) is 4.32. The molecule has 0 unspecified atom stereocenters. The average Bonchev–Trinajstić information content (AvgIpc) is 2.45. The summed E-state index contributed by atoms with van der Waals surface area (Å²) in [6.07, 6.45) is 3.44. The highest BCUT2D eigenvalue weighted by atomic mass is 16.3. The number of phenols is 3. The second kappa shape index (κ2) is 5.58. The highest BCUT2D eigenvalue weighted by Crippen LogP contribution is 2.37. The van der Waals surface area contributed by atoms with Crippen molar-refractivity contribution in [1.82, 2.24) is 10.3 Å². The Morgan fingerprint density at radius 3 is 2.42 bits per heavy atom. The minimum atomic E-state index is -0.490. The molecule has 0 saturated carbocycles. The van der Waals surface area contributed by atoms with E-state index in [9.17, 15) is 15.3 Å². The minimum Gasteiger partial charge on any atom is -0.504 e. The Bertz CT molecular complexity index is 558. The van der Waals surface area contributed by atoms with Gasteiger partial charge in [0, 0.05) is 30.5 Å². The van der Waals surface area contributed by atoms with Gasteiger partial charge in [0.1, 0.15) is 0 Å². The van der Waals surface area contributed by atoms with Gasteiger partial charge in [-0.2, -0.15) is 0 Å². The molecule has 2 rings (SSSR count). The fraction of sp³-hybridized carbons (Fsp3) is 0.214. The summed E-state index contributed by atoms with van der Waals surface area (Å²) in [6, 6.07) is 6.82. The van der Waals surface area contributed by atoms with E-state index in [-0.39, 0.29) is 17.5 Å². The summed E-state index contributed by atoms with van der Waals surface area (Å²) >= 11 is 0. The van der Waals surface area contributed by atoms with Crippen molar-refractivity contribution in [3.05, 3.63) is 47.8 Å². The zero-order chi connectivity index (χ0) is 13.8. The third-order valence-electron chi connectivity index (χ3n) is 3.02. The molecule has 19 heavy (non-hydrogen) atoms. The van der Waals surface area contributed by atoms with E-state index in [1.54, 1.807) is 18.5 Å². The second-order valence-electron chi connectivity index (χ2n) is 4.32. The van der Waals surface area contributed by atoms with Crippen LogP contribution < -0.4 is 5.32 Å². The highest BCUT2D eigenvalue weighted by Gasteiger charge is 2.12. The first kappa shape index (κ1) is 13.2. The molecule has 1 heterocycles. The molecule has 0 aliphatic carbocycles. The molecule has 4 N–H and O–H groups in total. The van der Waals surface area contributed by atoms with Crippen molar-refractivity contribution in [2.24, 2.45) is 0 Å². The lowest BCUT2D eigenvalue weighted by atomic mass is 10.1. The quantitative estimate of drug-likeness (QED) is 0.632. The van der Waals surface area contributed by atoms with Crippen LogP contribution in [0.1, 0.15) is 24.1 Å². The number of hydrogen-bond donors (Lipinski definition) is 4. The Hall–Kier alpha value is -2.27. The van der Waals surface area contributed by atoms with Crippen molar-refractivity contribution < 1.29 is 15.3 Å². The van der Waals surface area contributed by atoms with E-state index in [4.69, 9.17) is 0 Å². The molecule has 0 aliphatic rings. The Labute approximate surface area is 111 Å². The molecule has 0 bridgehead atoms. The minimum absolute atomic E-state index is 0.0818. The van der Waals surface area contributed by atoms with Crippen LogP contribution in [0.2, 0.25) is 0 Å². The van der Waals surface area contributed by atoms with Gasteiger partial charge < -0.3 is 20.6 Å². The Morgan fingerprint density at radius 2 is 1.74 bits per heavy atom. The van der Waals surface area contributed by atoms with E-state index >= 15 is 0 Å². The topological polar surface area (TPSA) is 85.6 Å². The zero-order valence-electron chi connectivity index (χ0n) is 10.5. The third kappa shape index (κ3) is 2.95. The van der Waals surface area contributed by atoms with Gasteiger partial charge in [0.15, 0.2) is 11.5 Å². The number of pyridine rings is 1. The summed E-state index contributed by atoms with van der Waals surface area (Å²) in [7, 11) is 0. The summed E-state index contributed by atoms with van der Waals surface area (Å²) in [5, 5.41) is 31.6.